The second-order valence-corrected chi connectivity index (χ2v) is 5.31. The molecule has 1 rings (SSSR count). The summed E-state index contributed by atoms with van der Waals surface area (Å²) in [5.74, 6) is -1.48. The number of esters is 1. The molecule has 114 valence electrons. The lowest BCUT2D eigenvalue weighted by atomic mass is 10.1. The van der Waals surface area contributed by atoms with Crippen LogP contribution >= 0.6 is 27.5 Å². The smallest absolute Gasteiger partial charge is 0.332 e. The fraction of sp³-hybridized carbons (Fsp3) is 0.385. The normalized spacial score (nSPS) is 12.3. The van der Waals surface area contributed by atoms with E-state index in [4.69, 9.17) is 16.7 Å². The molecule has 0 spiro atoms. The van der Waals surface area contributed by atoms with Crippen LogP contribution in [0.3, 0.4) is 0 Å². The Morgan fingerprint density at radius 3 is 2.81 bits per heavy atom. The molecule has 0 aliphatic carbocycles. The molecule has 6 nitrogen and oxygen atoms in total. The van der Waals surface area contributed by atoms with Gasteiger partial charge in [0.25, 0.3) is 0 Å². The van der Waals surface area contributed by atoms with Crippen LogP contribution in [0.1, 0.15) is 19.3 Å². The van der Waals surface area contributed by atoms with Crippen molar-refractivity contribution in [2.24, 2.45) is 10.2 Å². The van der Waals surface area contributed by atoms with Crippen molar-refractivity contribution in [3.8, 4) is 0 Å². The average Bonchev–Trinajstić information content (AvgIpc) is 2.45. The number of nitrogens with zero attached hydrogens (tertiary/aromatic N) is 2. The number of aliphatic carboxylic acids is 1. The molecule has 0 fully saturated rings. The van der Waals surface area contributed by atoms with Gasteiger partial charge in [0, 0.05) is 6.42 Å². The minimum atomic E-state index is -0.923. The highest BCUT2D eigenvalue weighted by atomic mass is 79.9. The SMILES string of the molecule is COC(=O)C(CCCC(=O)O)N=Nc1cccc(Cl)c1Br. The number of carbonyl (C=O) groups excluding carboxylic acids is 1. The highest BCUT2D eigenvalue weighted by molar-refractivity contribution is 9.10. The molecule has 1 N–H and O–H groups in total. The van der Waals surface area contributed by atoms with E-state index in [-0.39, 0.29) is 12.8 Å². The lowest BCUT2D eigenvalue weighted by Gasteiger charge is -2.08. The van der Waals surface area contributed by atoms with Crippen LogP contribution in [0.25, 0.3) is 0 Å². The minimum Gasteiger partial charge on any atom is -0.481 e. The molecule has 1 aromatic rings. The number of hydrogen-bond donors (Lipinski definition) is 1. The number of carboxylic acid groups (broad SMARTS) is 1. The minimum absolute atomic E-state index is 0.0378. The standard InChI is InChI=1S/C13H14BrClN2O4/c1-21-13(20)10(6-3-7-11(18)19)17-16-9-5-2-4-8(15)12(9)14/h2,4-5,10H,3,6-7H2,1H3,(H,18,19). The number of methoxy groups -OCH3 is 1. The van der Waals surface area contributed by atoms with Crippen LogP contribution in [0.15, 0.2) is 32.9 Å². The highest BCUT2D eigenvalue weighted by Gasteiger charge is 2.19. The largest absolute Gasteiger partial charge is 0.481 e. The number of carboxylic acids is 1. The summed E-state index contributed by atoms with van der Waals surface area (Å²) in [4.78, 5) is 22.1. The molecule has 0 radical (unpaired) electrons. The van der Waals surface area contributed by atoms with Gasteiger partial charge < -0.3 is 9.84 Å². The third-order valence-electron chi connectivity index (χ3n) is 2.58. The molecule has 8 heteroatoms. The summed E-state index contributed by atoms with van der Waals surface area (Å²) in [7, 11) is 1.25. The molecule has 0 amide bonds. The van der Waals surface area contributed by atoms with Crippen LogP contribution in [0.2, 0.25) is 5.02 Å². The molecule has 0 saturated heterocycles. The molecule has 1 aromatic carbocycles. The fourth-order valence-corrected chi connectivity index (χ4v) is 2.02. The number of carbonyl (C=O) groups is 2. The maximum atomic E-state index is 11.6. The van der Waals surface area contributed by atoms with Gasteiger partial charge in [-0.05, 0) is 40.9 Å². The van der Waals surface area contributed by atoms with E-state index in [0.29, 0.717) is 21.6 Å². The van der Waals surface area contributed by atoms with Gasteiger partial charge >= 0.3 is 11.9 Å². The quantitative estimate of drug-likeness (QED) is 0.575. The lowest BCUT2D eigenvalue weighted by Crippen LogP contribution is -2.20. The van der Waals surface area contributed by atoms with Crippen LogP contribution in [0.5, 0.6) is 0 Å². The van der Waals surface area contributed by atoms with Crippen LogP contribution < -0.4 is 0 Å². The van der Waals surface area contributed by atoms with Crippen LogP contribution in [0, 0.1) is 0 Å². The Morgan fingerprint density at radius 2 is 2.19 bits per heavy atom. The van der Waals surface area contributed by atoms with Crippen molar-refractivity contribution < 1.29 is 19.4 Å². The van der Waals surface area contributed by atoms with Crippen molar-refractivity contribution in [3.05, 3.63) is 27.7 Å². The van der Waals surface area contributed by atoms with Gasteiger partial charge in [-0.25, -0.2) is 4.79 Å². The molecule has 0 aliphatic heterocycles. The first-order valence-corrected chi connectivity index (χ1v) is 7.27. The van der Waals surface area contributed by atoms with Crippen molar-refractivity contribution in [2.75, 3.05) is 7.11 Å². The van der Waals surface area contributed by atoms with E-state index in [1.807, 2.05) is 0 Å². The molecular formula is C13H14BrClN2O4. The summed E-state index contributed by atoms with van der Waals surface area (Å²) < 4.78 is 5.21. The Balaban J connectivity index is 2.80. The first-order chi connectivity index (χ1) is 9.95. The van der Waals surface area contributed by atoms with E-state index in [9.17, 15) is 9.59 Å². The molecule has 1 unspecified atom stereocenters. The zero-order chi connectivity index (χ0) is 15.8. The third-order valence-corrected chi connectivity index (χ3v) is 3.95. The highest BCUT2D eigenvalue weighted by Crippen LogP contribution is 2.32. The maximum Gasteiger partial charge on any atom is 0.332 e. The first-order valence-electron chi connectivity index (χ1n) is 6.10. The van der Waals surface area contributed by atoms with Crippen LogP contribution in [-0.2, 0) is 14.3 Å². The molecule has 1 atom stereocenters. The van der Waals surface area contributed by atoms with Gasteiger partial charge in [0.1, 0.15) is 5.69 Å². The zero-order valence-electron chi connectivity index (χ0n) is 11.3. The summed E-state index contributed by atoms with van der Waals surface area (Å²) in [6.45, 7) is 0. The Labute approximate surface area is 135 Å². The second-order valence-electron chi connectivity index (χ2n) is 4.11. The number of rotatable bonds is 7. The van der Waals surface area contributed by atoms with Crippen LogP contribution in [0.4, 0.5) is 5.69 Å². The van der Waals surface area contributed by atoms with E-state index >= 15 is 0 Å². The zero-order valence-corrected chi connectivity index (χ0v) is 13.6. The van der Waals surface area contributed by atoms with E-state index < -0.39 is 18.0 Å². The molecule has 21 heavy (non-hydrogen) atoms. The predicted octanol–water partition coefficient (Wildman–Crippen LogP) is 3.98. The molecule has 0 saturated carbocycles. The molecule has 0 heterocycles. The van der Waals surface area contributed by atoms with Crippen molar-refractivity contribution in [2.45, 2.75) is 25.3 Å². The maximum absolute atomic E-state index is 11.6. The molecule has 0 bridgehead atoms. The Bertz CT molecular complexity index is 551. The van der Waals surface area contributed by atoms with Crippen molar-refractivity contribution >= 4 is 45.2 Å². The van der Waals surface area contributed by atoms with E-state index in [1.165, 1.54) is 7.11 Å². The van der Waals surface area contributed by atoms with Gasteiger partial charge in [0.05, 0.1) is 16.6 Å². The predicted molar refractivity (Wildman–Crippen MR) is 81.0 cm³/mol. The van der Waals surface area contributed by atoms with Crippen molar-refractivity contribution in [3.63, 3.8) is 0 Å². The average molecular weight is 378 g/mol. The summed E-state index contributed by atoms with van der Waals surface area (Å²) in [6.07, 6.45) is 0.523. The monoisotopic (exact) mass is 376 g/mol. The third kappa shape index (κ3) is 5.81. The van der Waals surface area contributed by atoms with Gasteiger partial charge in [-0.15, -0.1) is 0 Å². The summed E-state index contributed by atoms with van der Waals surface area (Å²) in [6, 6.07) is 4.25. The fourth-order valence-electron chi connectivity index (χ4n) is 1.51. The number of hydrogen-bond acceptors (Lipinski definition) is 5. The molecular weight excluding hydrogens is 364 g/mol. The van der Waals surface area contributed by atoms with Gasteiger partial charge in [-0.1, -0.05) is 17.7 Å². The van der Waals surface area contributed by atoms with Crippen LogP contribution in [-0.4, -0.2) is 30.2 Å². The van der Waals surface area contributed by atoms with E-state index in [1.54, 1.807) is 18.2 Å². The summed E-state index contributed by atoms with van der Waals surface area (Å²) in [5.41, 5.74) is 0.481. The topological polar surface area (TPSA) is 88.3 Å². The Morgan fingerprint density at radius 1 is 1.48 bits per heavy atom. The first kappa shape index (κ1) is 17.6. The van der Waals surface area contributed by atoms with E-state index in [0.717, 1.165) is 0 Å². The van der Waals surface area contributed by atoms with E-state index in [2.05, 4.69) is 30.9 Å². The number of benzene rings is 1. The summed E-state index contributed by atoms with van der Waals surface area (Å²) in [5, 5.41) is 17.0. The van der Waals surface area contributed by atoms with Gasteiger partial charge in [0.15, 0.2) is 6.04 Å². The van der Waals surface area contributed by atoms with Crippen molar-refractivity contribution in [1.29, 1.82) is 0 Å². The Hall–Kier alpha value is -1.47. The number of azo groups is 1. The lowest BCUT2D eigenvalue weighted by molar-refractivity contribution is -0.143. The number of ether oxygens (including phenoxy) is 1. The summed E-state index contributed by atoms with van der Waals surface area (Å²) >= 11 is 9.21. The Kier molecular flexibility index (Phi) is 7.31. The van der Waals surface area contributed by atoms with Crippen molar-refractivity contribution in [1.82, 2.24) is 0 Å². The molecule has 0 aliphatic rings. The van der Waals surface area contributed by atoms with Gasteiger partial charge in [-0.3, -0.25) is 4.79 Å². The molecule has 0 aromatic heterocycles. The second kappa shape index (κ2) is 8.74. The van der Waals surface area contributed by atoms with Gasteiger partial charge in [-0.2, -0.15) is 10.2 Å². The van der Waals surface area contributed by atoms with Gasteiger partial charge in [0.2, 0.25) is 0 Å². The number of halogens is 2.